The molecule has 2 atom stereocenters. The smallest absolute Gasteiger partial charge is 0.306 e. The van der Waals surface area contributed by atoms with Crippen LogP contribution in [0, 0.1) is 5.92 Å². The number of carbonyl (C=O) groups excluding carboxylic acids is 1. The van der Waals surface area contributed by atoms with Gasteiger partial charge in [-0.3, -0.25) is 14.7 Å². The molecule has 1 aromatic carbocycles. The summed E-state index contributed by atoms with van der Waals surface area (Å²) in [6.07, 6.45) is 1.80. The Bertz CT molecular complexity index is 664. The second-order valence-electron chi connectivity index (χ2n) is 5.14. The van der Waals surface area contributed by atoms with Crippen LogP contribution in [0.5, 0.6) is 0 Å². The van der Waals surface area contributed by atoms with Crippen molar-refractivity contribution in [3.8, 4) is 0 Å². The lowest BCUT2D eigenvalue weighted by molar-refractivity contribution is -0.141. The Balaban J connectivity index is 1.73. The molecule has 3 N–H and O–H groups in total. The fourth-order valence-electron chi connectivity index (χ4n) is 2.73. The number of carbonyl (C=O) groups is 2. The average molecular weight is 273 g/mol. The van der Waals surface area contributed by atoms with E-state index in [-0.39, 0.29) is 17.9 Å². The minimum atomic E-state index is -0.785. The Morgan fingerprint density at radius 2 is 2.10 bits per heavy atom. The van der Waals surface area contributed by atoms with Crippen molar-refractivity contribution in [3.05, 3.63) is 30.0 Å². The normalized spacial score (nSPS) is 22.0. The van der Waals surface area contributed by atoms with E-state index in [2.05, 4.69) is 15.5 Å². The van der Waals surface area contributed by atoms with Crippen molar-refractivity contribution >= 4 is 22.8 Å². The van der Waals surface area contributed by atoms with Gasteiger partial charge in [0.15, 0.2) is 5.69 Å². The van der Waals surface area contributed by atoms with Gasteiger partial charge in [-0.25, -0.2) is 0 Å². The van der Waals surface area contributed by atoms with Crippen LogP contribution < -0.4 is 5.32 Å². The molecule has 6 nitrogen and oxygen atoms in total. The standard InChI is InChI=1S/C14H15N3O3/c18-13(15-9-6-5-8(7-9)14(19)20)12-10-3-1-2-4-11(10)16-17-12/h1-4,8-9H,5-7H2,(H,15,18)(H,16,17)(H,19,20). The number of H-pyrrole nitrogens is 1. The molecule has 0 spiro atoms. The van der Waals surface area contributed by atoms with Gasteiger partial charge in [0.05, 0.1) is 11.4 Å². The van der Waals surface area contributed by atoms with Gasteiger partial charge in [0.25, 0.3) is 5.91 Å². The molecule has 1 aliphatic carbocycles. The maximum absolute atomic E-state index is 12.2. The summed E-state index contributed by atoms with van der Waals surface area (Å²) in [6.45, 7) is 0. The Morgan fingerprint density at radius 1 is 1.30 bits per heavy atom. The molecule has 104 valence electrons. The molecule has 0 bridgehead atoms. The van der Waals surface area contributed by atoms with Crippen LogP contribution in [0.25, 0.3) is 10.9 Å². The highest BCUT2D eigenvalue weighted by molar-refractivity contribution is 6.04. The molecule has 1 aromatic heterocycles. The van der Waals surface area contributed by atoms with Crippen molar-refractivity contribution in [1.29, 1.82) is 0 Å². The van der Waals surface area contributed by atoms with E-state index in [1.54, 1.807) is 0 Å². The third-order valence-corrected chi connectivity index (χ3v) is 3.80. The number of aromatic nitrogens is 2. The van der Waals surface area contributed by atoms with E-state index < -0.39 is 5.97 Å². The molecule has 20 heavy (non-hydrogen) atoms. The van der Waals surface area contributed by atoms with E-state index in [1.807, 2.05) is 24.3 Å². The van der Waals surface area contributed by atoms with Crippen LogP contribution in [0.3, 0.4) is 0 Å². The second-order valence-corrected chi connectivity index (χ2v) is 5.14. The first kappa shape index (κ1) is 12.7. The molecular weight excluding hydrogens is 258 g/mol. The van der Waals surface area contributed by atoms with Gasteiger partial charge >= 0.3 is 5.97 Å². The van der Waals surface area contributed by atoms with Crippen LogP contribution >= 0.6 is 0 Å². The van der Waals surface area contributed by atoms with Crippen molar-refractivity contribution in [2.45, 2.75) is 25.3 Å². The van der Waals surface area contributed by atoms with Crippen LogP contribution in [0.15, 0.2) is 24.3 Å². The lowest BCUT2D eigenvalue weighted by Gasteiger charge is -2.11. The Morgan fingerprint density at radius 3 is 2.85 bits per heavy atom. The van der Waals surface area contributed by atoms with Gasteiger partial charge in [-0.1, -0.05) is 18.2 Å². The van der Waals surface area contributed by atoms with Crippen LogP contribution in [-0.4, -0.2) is 33.2 Å². The summed E-state index contributed by atoms with van der Waals surface area (Å²) < 4.78 is 0. The molecule has 6 heteroatoms. The molecule has 1 amide bonds. The average Bonchev–Trinajstić information content (AvgIpc) is 3.04. The van der Waals surface area contributed by atoms with E-state index >= 15 is 0 Å². The van der Waals surface area contributed by atoms with Crippen molar-refractivity contribution in [2.75, 3.05) is 0 Å². The van der Waals surface area contributed by atoms with Crippen molar-refractivity contribution in [3.63, 3.8) is 0 Å². The van der Waals surface area contributed by atoms with E-state index in [0.29, 0.717) is 25.0 Å². The number of hydrogen-bond donors (Lipinski definition) is 3. The van der Waals surface area contributed by atoms with Gasteiger partial charge in [0, 0.05) is 11.4 Å². The second kappa shape index (κ2) is 4.96. The SMILES string of the molecule is O=C(NC1CCC(C(=O)O)C1)c1n[nH]c2ccccc12. The van der Waals surface area contributed by atoms with Gasteiger partial charge in [-0.2, -0.15) is 5.10 Å². The topological polar surface area (TPSA) is 95.1 Å². The number of hydrogen-bond acceptors (Lipinski definition) is 3. The van der Waals surface area contributed by atoms with Gasteiger partial charge in [-0.15, -0.1) is 0 Å². The molecule has 1 fully saturated rings. The zero-order valence-electron chi connectivity index (χ0n) is 10.8. The molecule has 0 saturated heterocycles. The zero-order chi connectivity index (χ0) is 14.1. The number of amides is 1. The molecule has 1 saturated carbocycles. The number of fused-ring (bicyclic) bond motifs is 1. The molecular formula is C14H15N3O3. The molecule has 2 unspecified atom stereocenters. The maximum Gasteiger partial charge on any atom is 0.306 e. The number of rotatable bonds is 3. The summed E-state index contributed by atoms with van der Waals surface area (Å²) in [4.78, 5) is 23.1. The summed E-state index contributed by atoms with van der Waals surface area (Å²) >= 11 is 0. The number of nitrogens with one attached hydrogen (secondary N) is 2. The number of carboxylic acid groups (broad SMARTS) is 1. The highest BCUT2D eigenvalue weighted by Gasteiger charge is 2.31. The number of benzene rings is 1. The van der Waals surface area contributed by atoms with Crippen molar-refractivity contribution in [2.24, 2.45) is 5.92 Å². The molecule has 3 rings (SSSR count). The van der Waals surface area contributed by atoms with Gasteiger partial charge in [-0.05, 0) is 25.3 Å². The molecule has 2 aromatic rings. The zero-order valence-corrected chi connectivity index (χ0v) is 10.8. The van der Waals surface area contributed by atoms with E-state index in [1.165, 1.54) is 0 Å². The summed E-state index contributed by atoms with van der Waals surface area (Å²) in [5.74, 6) is -1.39. The van der Waals surface area contributed by atoms with E-state index in [4.69, 9.17) is 5.11 Å². The quantitative estimate of drug-likeness (QED) is 0.790. The number of aliphatic carboxylic acids is 1. The lowest BCUT2D eigenvalue weighted by Crippen LogP contribution is -2.33. The molecule has 0 radical (unpaired) electrons. The number of carboxylic acids is 1. The lowest BCUT2D eigenvalue weighted by atomic mass is 10.1. The fraction of sp³-hybridized carbons (Fsp3) is 0.357. The predicted octanol–water partition coefficient (Wildman–Crippen LogP) is 1.55. The Kier molecular flexibility index (Phi) is 3.14. The monoisotopic (exact) mass is 273 g/mol. The first-order valence-corrected chi connectivity index (χ1v) is 6.62. The van der Waals surface area contributed by atoms with Crippen LogP contribution in [0.1, 0.15) is 29.8 Å². The number of para-hydroxylation sites is 1. The van der Waals surface area contributed by atoms with E-state index in [0.717, 1.165) is 10.9 Å². The Hall–Kier alpha value is -2.37. The summed E-state index contributed by atoms with van der Waals surface area (Å²) in [7, 11) is 0. The first-order valence-electron chi connectivity index (χ1n) is 6.62. The molecule has 0 aliphatic heterocycles. The summed E-state index contributed by atoms with van der Waals surface area (Å²) in [6, 6.07) is 7.33. The minimum Gasteiger partial charge on any atom is -0.481 e. The first-order chi connectivity index (χ1) is 9.65. The summed E-state index contributed by atoms with van der Waals surface area (Å²) in [5, 5.41) is 19.5. The summed E-state index contributed by atoms with van der Waals surface area (Å²) in [5.41, 5.74) is 1.17. The van der Waals surface area contributed by atoms with E-state index in [9.17, 15) is 9.59 Å². The third kappa shape index (κ3) is 2.24. The molecule has 1 aliphatic rings. The van der Waals surface area contributed by atoms with Crippen LogP contribution in [0.2, 0.25) is 0 Å². The largest absolute Gasteiger partial charge is 0.481 e. The fourth-order valence-corrected chi connectivity index (χ4v) is 2.73. The van der Waals surface area contributed by atoms with Gasteiger partial charge in [0.2, 0.25) is 0 Å². The number of nitrogens with zero attached hydrogens (tertiary/aromatic N) is 1. The van der Waals surface area contributed by atoms with Crippen molar-refractivity contribution < 1.29 is 14.7 Å². The number of aromatic amines is 1. The highest BCUT2D eigenvalue weighted by Crippen LogP contribution is 2.26. The van der Waals surface area contributed by atoms with Gasteiger partial charge < -0.3 is 10.4 Å². The van der Waals surface area contributed by atoms with Crippen molar-refractivity contribution in [1.82, 2.24) is 15.5 Å². The van der Waals surface area contributed by atoms with Gasteiger partial charge in [0.1, 0.15) is 0 Å². The molecule has 1 heterocycles. The third-order valence-electron chi connectivity index (χ3n) is 3.80. The predicted molar refractivity (Wildman–Crippen MR) is 72.3 cm³/mol. The Labute approximate surface area is 115 Å². The van der Waals surface area contributed by atoms with Crippen LogP contribution in [0.4, 0.5) is 0 Å². The maximum atomic E-state index is 12.2. The highest BCUT2D eigenvalue weighted by atomic mass is 16.4. The minimum absolute atomic E-state index is 0.0842. The van der Waals surface area contributed by atoms with Crippen LogP contribution in [-0.2, 0) is 4.79 Å².